The quantitative estimate of drug-likeness (QED) is 0.200. The second-order valence-corrected chi connectivity index (χ2v) is 10.5. The molecule has 2 atom stereocenters. The molecule has 0 radical (unpaired) electrons. The predicted octanol–water partition coefficient (Wildman–Crippen LogP) is 9.61. The fraction of sp³-hybridized carbons (Fsp3) is 0.471. The van der Waals surface area contributed by atoms with Crippen LogP contribution in [0.25, 0.3) is 0 Å². The van der Waals surface area contributed by atoms with Crippen LogP contribution < -0.4 is 10.6 Å². The highest BCUT2D eigenvalue weighted by Gasteiger charge is 2.39. The van der Waals surface area contributed by atoms with Crippen LogP contribution in [-0.4, -0.2) is 12.6 Å². The minimum absolute atomic E-state index is 0.00623. The molecule has 2 aromatic carbocycles. The number of hydrogen-bond donors (Lipinski definition) is 2. The largest absolute Gasteiger partial charge is 0.416 e. The van der Waals surface area contributed by atoms with E-state index < -0.39 is 23.0 Å². The zero-order valence-corrected chi connectivity index (χ0v) is 24.7. The molecule has 40 heavy (non-hydrogen) atoms. The lowest BCUT2D eigenvalue weighted by Crippen LogP contribution is -2.43. The maximum atomic E-state index is 14.8. The van der Waals surface area contributed by atoms with Crippen molar-refractivity contribution < 1.29 is 17.6 Å². The van der Waals surface area contributed by atoms with Crippen molar-refractivity contribution in [2.24, 2.45) is 5.92 Å². The predicted molar refractivity (Wildman–Crippen MR) is 160 cm³/mol. The number of allylic oxidation sites excluding steroid dienone is 4. The van der Waals surface area contributed by atoms with E-state index in [0.29, 0.717) is 29.9 Å². The van der Waals surface area contributed by atoms with Crippen LogP contribution in [0.4, 0.5) is 17.6 Å². The van der Waals surface area contributed by atoms with Gasteiger partial charge in [0, 0.05) is 18.0 Å². The Kier molecular flexibility index (Phi) is 13.0. The van der Waals surface area contributed by atoms with Crippen molar-refractivity contribution >= 4 is 0 Å². The van der Waals surface area contributed by atoms with Gasteiger partial charge in [-0.3, -0.25) is 0 Å². The zero-order chi connectivity index (χ0) is 29.8. The first kappa shape index (κ1) is 33.2. The van der Waals surface area contributed by atoms with Crippen LogP contribution >= 0.6 is 0 Å². The monoisotopic (exact) mass is 558 g/mol. The summed E-state index contributed by atoms with van der Waals surface area (Å²) in [7, 11) is 0. The molecule has 3 rings (SSSR count). The summed E-state index contributed by atoms with van der Waals surface area (Å²) in [6.07, 6.45) is 9.21. The van der Waals surface area contributed by atoms with Crippen LogP contribution in [0.3, 0.4) is 0 Å². The van der Waals surface area contributed by atoms with Crippen molar-refractivity contribution in [2.45, 2.75) is 90.8 Å². The van der Waals surface area contributed by atoms with Gasteiger partial charge in [0.2, 0.25) is 0 Å². The summed E-state index contributed by atoms with van der Waals surface area (Å²) in [5.41, 5.74) is 0.220. The number of benzene rings is 2. The third kappa shape index (κ3) is 9.57. The fourth-order valence-electron chi connectivity index (χ4n) is 5.29. The Morgan fingerprint density at radius 3 is 2.23 bits per heavy atom. The highest BCUT2D eigenvalue weighted by Crippen LogP contribution is 2.41. The minimum atomic E-state index is -4.66. The molecule has 1 fully saturated rings. The van der Waals surface area contributed by atoms with E-state index in [-0.39, 0.29) is 12.5 Å². The molecule has 2 unspecified atom stereocenters. The molecule has 2 N–H and O–H groups in total. The Morgan fingerprint density at radius 1 is 1.00 bits per heavy atom. The van der Waals surface area contributed by atoms with E-state index in [0.717, 1.165) is 49.3 Å². The lowest BCUT2D eigenvalue weighted by molar-refractivity contribution is -0.137. The molecule has 2 nitrogen and oxygen atoms in total. The summed E-state index contributed by atoms with van der Waals surface area (Å²) >= 11 is 0. The number of rotatable bonds is 12. The normalized spacial score (nSPS) is 16.4. The molecule has 0 saturated heterocycles. The molecule has 1 aliphatic rings. The van der Waals surface area contributed by atoms with Gasteiger partial charge in [-0.15, -0.1) is 0 Å². The summed E-state index contributed by atoms with van der Waals surface area (Å²) in [5.74, 6) is -0.272. The molecule has 0 bridgehead atoms. The Bertz CT molecular complexity index is 1110. The van der Waals surface area contributed by atoms with E-state index in [1.165, 1.54) is 6.07 Å². The van der Waals surface area contributed by atoms with Crippen molar-refractivity contribution in [1.29, 1.82) is 0 Å². The van der Waals surface area contributed by atoms with E-state index in [4.69, 9.17) is 0 Å². The van der Waals surface area contributed by atoms with Gasteiger partial charge in [0.05, 0.1) is 11.4 Å². The van der Waals surface area contributed by atoms with Gasteiger partial charge in [0.15, 0.2) is 0 Å². The van der Waals surface area contributed by atoms with E-state index in [2.05, 4.69) is 24.1 Å². The van der Waals surface area contributed by atoms with Crippen LogP contribution in [0.15, 0.2) is 79.2 Å². The standard InChI is InChI=1S/C32H40F4N2.C2H6/c1-5-6-7-8-11-24(3)21-31(26-16-14-23(2)15-17-26,22-37-25(4)38-30-12-9-10-13-30)27-18-28(32(34,35)36)20-29(33)19-27;1-2/h6-8,11,14-20,24,30,37-38H,4-5,9-10,12-13,21-22H2,1-3H3;1-2H3/b7-6-,11-8-;. The fourth-order valence-corrected chi connectivity index (χ4v) is 5.29. The molecule has 0 aromatic heterocycles. The van der Waals surface area contributed by atoms with Gasteiger partial charge in [0.25, 0.3) is 0 Å². The van der Waals surface area contributed by atoms with Crippen molar-refractivity contribution in [3.05, 3.63) is 107 Å². The zero-order valence-electron chi connectivity index (χ0n) is 24.7. The van der Waals surface area contributed by atoms with E-state index in [1.54, 1.807) is 0 Å². The lowest BCUT2D eigenvalue weighted by atomic mass is 9.68. The van der Waals surface area contributed by atoms with Gasteiger partial charge in [-0.2, -0.15) is 13.2 Å². The third-order valence-corrected chi connectivity index (χ3v) is 7.31. The average molecular weight is 559 g/mol. The summed E-state index contributed by atoms with van der Waals surface area (Å²) in [6, 6.07) is 11.0. The van der Waals surface area contributed by atoms with Crippen molar-refractivity contribution in [3.8, 4) is 0 Å². The number of nitrogens with one attached hydrogen (secondary N) is 2. The first-order valence-corrected chi connectivity index (χ1v) is 14.5. The summed E-state index contributed by atoms with van der Waals surface area (Å²) < 4.78 is 56.2. The van der Waals surface area contributed by atoms with E-state index >= 15 is 0 Å². The van der Waals surface area contributed by atoms with Crippen LogP contribution in [0, 0.1) is 18.7 Å². The Labute approximate surface area is 238 Å². The SMILES string of the molecule is C=C(NCC(CC(C)/C=C\C=C/CC)(c1ccc(C)cc1)c1cc(F)cc(C(F)(F)F)c1)NC1CCCC1.CC. The van der Waals surface area contributed by atoms with Gasteiger partial charge in [-0.25, -0.2) is 4.39 Å². The van der Waals surface area contributed by atoms with Crippen LogP contribution in [0.2, 0.25) is 0 Å². The van der Waals surface area contributed by atoms with Gasteiger partial charge < -0.3 is 10.6 Å². The van der Waals surface area contributed by atoms with Gasteiger partial charge >= 0.3 is 6.18 Å². The Morgan fingerprint density at radius 2 is 1.62 bits per heavy atom. The molecule has 0 spiro atoms. The van der Waals surface area contributed by atoms with E-state index in [9.17, 15) is 17.6 Å². The second-order valence-electron chi connectivity index (χ2n) is 10.5. The lowest BCUT2D eigenvalue weighted by Gasteiger charge is -2.38. The number of hydrogen-bond acceptors (Lipinski definition) is 2. The van der Waals surface area contributed by atoms with E-state index in [1.807, 2.05) is 76.3 Å². The number of aryl methyl sites for hydroxylation is 1. The molecule has 0 heterocycles. The molecule has 6 heteroatoms. The summed E-state index contributed by atoms with van der Waals surface area (Å²) in [6.45, 7) is 14.5. The highest BCUT2D eigenvalue weighted by molar-refractivity contribution is 5.44. The second kappa shape index (κ2) is 15.7. The average Bonchev–Trinajstić information content (AvgIpc) is 3.43. The Hall–Kier alpha value is -3.02. The van der Waals surface area contributed by atoms with Crippen molar-refractivity contribution in [1.82, 2.24) is 10.6 Å². The number of halogens is 4. The first-order valence-electron chi connectivity index (χ1n) is 14.5. The summed E-state index contributed by atoms with van der Waals surface area (Å²) in [4.78, 5) is 0. The molecular weight excluding hydrogens is 512 g/mol. The number of alkyl halides is 3. The molecular formula is C34H46F4N2. The minimum Gasteiger partial charge on any atom is -0.371 e. The van der Waals surface area contributed by atoms with Crippen molar-refractivity contribution in [2.75, 3.05) is 6.54 Å². The molecule has 1 aliphatic carbocycles. The molecule has 0 amide bonds. The maximum Gasteiger partial charge on any atom is 0.416 e. The highest BCUT2D eigenvalue weighted by atomic mass is 19.4. The molecule has 1 saturated carbocycles. The molecule has 2 aromatic rings. The summed E-state index contributed by atoms with van der Waals surface area (Å²) in [5, 5.41) is 6.80. The van der Waals surface area contributed by atoms with Gasteiger partial charge in [-0.1, -0.05) is 101 Å². The first-order chi connectivity index (χ1) is 19.0. The van der Waals surface area contributed by atoms with Crippen LogP contribution in [0.5, 0.6) is 0 Å². The van der Waals surface area contributed by atoms with Crippen LogP contribution in [0.1, 0.15) is 88.5 Å². The van der Waals surface area contributed by atoms with Crippen LogP contribution in [-0.2, 0) is 11.6 Å². The smallest absolute Gasteiger partial charge is 0.371 e. The van der Waals surface area contributed by atoms with Gasteiger partial charge in [0.1, 0.15) is 5.82 Å². The Balaban J connectivity index is 0.00000274. The molecule has 0 aliphatic heterocycles. The topological polar surface area (TPSA) is 24.1 Å². The molecule has 220 valence electrons. The van der Waals surface area contributed by atoms with Gasteiger partial charge in [-0.05, 0) is 67.9 Å². The maximum absolute atomic E-state index is 14.8. The van der Waals surface area contributed by atoms with Crippen molar-refractivity contribution in [3.63, 3.8) is 0 Å². The third-order valence-electron chi connectivity index (χ3n) is 7.31.